The molecule has 0 saturated heterocycles. The molecule has 84 valence electrons. The molecule has 1 aromatic heterocycles. The first-order valence-corrected chi connectivity index (χ1v) is 6.91. The fourth-order valence-corrected chi connectivity index (χ4v) is 2.35. The number of nitrogens with zero attached hydrogens (tertiary/aromatic N) is 1. The number of hydrogen-bond donors (Lipinski definition) is 0. The smallest absolute Gasteiger partial charge is 0.261 e. The maximum atomic E-state index is 10.9. The highest BCUT2D eigenvalue weighted by molar-refractivity contribution is 9.10. The summed E-state index contributed by atoms with van der Waals surface area (Å²) in [4.78, 5) is 4.13. The lowest BCUT2D eigenvalue weighted by molar-refractivity contribution is 0.231. The van der Waals surface area contributed by atoms with Gasteiger partial charge in [0.2, 0.25) is 0 Å². The number of rotatable bonds is 3. The Kier molecular flexibility index (Phi) is 3.86. The van der Waals surface area contributed by atoms with Crippen LogP contribution in [-0.4, -0.2) is 19.7 Å². The Morgan fingerprint density at radius 1 is 1.53 bits per heavy atom. The molecule has 0 saturated carbocycles. The summed E-state index contributed by atoms with van der Waals surface area (Å²) in [6.45, 7) is 3.51. The summed E-state index contributed by atoms with van der Waals surface area (Å²) < 4.78 is 27.6. The van der Waals surface area contributed by atoms with Gasteiger partial charge in [0.15, 0.2) is 0 Å². The van der Waals surface area contributed by atoms with Crippen molar-refractivity contribution in [2.75, 3.05) is 6.26 Å². The molecule has 0 bridgehead atoms. The van der Waals surface area contributed by atoms with E-state index in [4.69, 9.17) is 4.18 Å². The van der Waals surface area contributed by atoms with E-state index in [0.29, 0.717) is 5.69 Å². The van der Waals surface area contributed by atoms with Crippen molar-refractivity contribution in [3.8, 4) is 0 Å². The molecule has 0 amide bonds. The SMILES string of the molecule is Cc1cc(Br)cnc1C(C)OS(C)(=O)=O. The van der Waals surface area contributed by atoms with Crippen molar-refractivity contribution in [2.45, 2.75) is 20.0 Å². The molecule has 1 atom stereocenters. The number of aryl methyl sites for hydroxylation is 1. The largest absolute Gasteiger partial charge is 0.265 e. The topological polar surface area (TPSA) is 56.3 Å². The van der Waals surface area contributed by atoms with Crippen molar-refractivity contribution < 1.29 is 12.6 Å². The Morgan fingerprint density at radius 2 is 2.13 bits per heavy atom. The summed E-state index contributed by atoms with van der Waals surface area (Å²) in [5, 5.41) is 0. The van der Waals surface area contributed by atoms with Gasteiger partial charge in [0, 0.05) is 10.7 Å². The van der Waals surface area contributed by atoms with Crippen LogP contribution in [0.2, 0.25) is 0 Å². The summed E-state index contributed by atoms with van der Waals surface area (Å²) >= 11 is 3.29. The van der Waals surface area contributed by atoms with E-state index < -0.39 is 16.2 Å². The fraction of sp³-hybridized carbons (Fsp3) is 0.444. The molecule has 1 rings (SSSR count). The van der Waals surface area contributed by atoms with E-state index in [0.717, 1.165) is 16.3 Å². The molecule has 0 spiro atoms. The minimum Gasteiger partial charge on any atom is -0.261 e. The van der Waals surface area contributed by atoms with Crippen molar-refractivity contribution in [1.82, 2.24) is 4.98 Å². The monoisotopic (exact) mass is 293 g/mol. The molecule has 0 radical (unpaired) electrons. The zero-order chi connectivity index (χ0) is 11.6. The lowest BCUT2D eigenvalue weighted by atomic mass is 10.1. The zero-order valence-electron chi connectivity index (χ0n) is 8.69. The van der Waals surface area contributed by atoms with Crippen molar-refractivity contribution >= 4 is 26.0 Å². The molecular weight excluding hydrogens is 282 g/mol. The Morgan fingerprint density at radius 3 is 2.60 bits per heavy atom. The number of halogens is 1. The molecule has 0 N–H and O–H groups in total. The van der Waals surface area contributed by atoms with Gasteiger partial charge in [-0.1, -0.05) is 0 Å². The van der Waals surface area contributed by atoms with E-state index >= 15 is 0 Å². The fourth-order valence-electron chi connectivity index (χ4n) is 1.28. The number of pyridine rings is 1. The van der Waals surface area contributed by atoms with Crippen LogP contribution in [0.1, 0.15) is 24.3 Å². The molecular formula is C9H12BrNO3S. The second-order valence-electron chi connectivity index (χ2n) is 3.30. The van der Waals surface area contributed by atoms with Crippen LogP contribution in [0.5, 0.6) is 0 Å². The van der Waals surface area contributed by atoms with E-state index in [1.807, 2.05) is 13.0 Å². The van der Waals surface area contributed by atoms with Crippen molar-refractivity contribution in [3.63, 3.8) is 0 Å². The molecule has 0 aromatic carbocycles. The van der Waals surface area contributed by atoms with Crippen LogP contribution < -0.4 is 0 Å². The van der Waals surface area contributed by atoms with Gasteiger partial charge in [0.1, 0.15) is 6.10 Å². The average molecular weight is 294 g/mol. The molecule has 1 heterocycles. The van der Waals surface area contributed by atoms with Crippen molar-refractivity contribution in [2.24, 2.45) is 0 Å². The summed E-state index contributed by atoms with van der Waals surface area (Å²) in [6.07, 6.45) is 2.08. The van der Waals surface area contributed by atoms with E-state index in [9.17, 15) is 8.42 Å². The van der Waals surface area contributed by atoms with Gasteiger partial charge in [-0.25, -0.2) is 0 Å². The van der Waals surface area contributed by atoms with Crippen molar-refractivity contribution in [3.05, 3.63) is 28.0 Å². The zero-order valence-corrected chi connectivity index (χ0v) is 11.1. The van der Waals surface area contributed by atoms with Gasteiger partial charge in [-0.3, -0.25) is 9.17 Å². The second-order valence-corrected chi connectivity index (χ2v) is 5.81. The third-order valence-corrected chi connectivity index (χ3v) is 2.86. The van der Waals surface area contributed by atoms with Gasteiger partial charge in [-0.15, -0.1) is 0 Å². The van der Waals surface area contributed by atoms with Gasteiger partial charge >= 0.3 is 0 Å². The van der Waals surface area contributed by atoms with Gasteiger partial charge in [0.05, 0.1) is 11.9 Å². The highest BCUT2D eigenvalue weighted by atomic mass is 79.9. The first-order valence-electron chi connectivity index (χ1n) is 4.30. The van der Waals surface area contributed by atoms with Crippen LogP contribution in [0, 0.1) is 6.92 Å². The van der Waals surface area contributed by atoms with Crippen LogP contribution in [0.3, 0.4) is 0 Å². The van der Waals surface area contributed by atoms with E-state index in [1.165, 1.54) is 0 Å². The lowest BCUT2D eigenvalue weighted by Gasteiger charge is -2.12. The second kappa shape index (κ2) is 4.59. The molecule has 0 fully saturated rings. The van der Waals surface area contributed by atoms with E-state index in [2.05, 4.69) is 20.9 Å². The van der Waals surface area contributed by atoms with Crippen LogP contribution in [-0.2, 0) is 14.3 Å². The molecule has 15 heavy (non-hydrogen) atoms. The van der Waals surface area contributed by atoms with Gasteiger partial charge in [-0.05, 0) is 41.4 Å². The van der Waals surface area contributed by atoms with Crippen LogP contribution >= 0.6 is 15.9 Å². The Labute approximate surface area is 97.9 Å². The maximum absolute atomic E-state index is 10.9. The third kappa shape index (κ3) is 3.89. The quantitative estimate of drug-likeness (QED) is 0.802. The number of hydrogen-bond acceptors (Lipinski definition) is 4. The normalized spacial score (nSPS) is 13.9. The standard InChI is InChI=1S/C9H12BrNO3S/c1-6-4-8(10)5-11-9(6)7(2)14-15(3,12)13/h4-5,7H,1-3H3. The van der Waals surface area contributed by atoms with Crippen molar-refractivity contribution in [1.29, 1.82) is 0 Å². The third-order valence-electron chi connectivity index (χ3n) is 1.79. The Balaban J connectivity index is 2.97. The minimum atomic E-state index is -3.45. The van der Waals surface area contributed by atoms with E-state index in [-0.39, 0.29) is 0 Å². The summed E-state index contributed by atoms with van der Waals surface area (Å²) in [5.41, 5.74) is 1.52. The van der Waals surface area contributed by atoms with Gasteiger partial charge in [0.25, 0.3) is 10.1 Å². The average Bonchev–Trinajstić information content (AvgIpc) is 1.99. The summed E-state index contributed by atoms with van der Waals surface area (Å²) in [5.74, 6) is 0. The maximum Gasteiger partial charge on any atom is 0.265 e. The summed E-state index contributed by atoms with van der Waals surface area (Å²) in [6, 6.07) is 1.87. The molecule has 1 aromatic rings. The number of aromatic nitrogens is 1. The highest BCUT2D eigenvalue weighted by Gasteiger charge is 2.15. The first-order chi connectivity index (χ1) is 6.79. The van der Waals surface area contributed by atoms with Crippen LogP contribution in [0.25, 0.3) is 0 Å². The molecule has 6 heteroatoms. The van der Waals surface area contributed by atoms with Crippen LogP contribution in [0.4, 0.5) is 0 Å². The predicted molar refractivity (Wildman–Crippen MR) is 61.0 cm³/mol. The van der Waals surface area contributed by atoms with E-state index in [1.54, 1.807) is 13.1 Å². The lowest BCUT2D eigenvalue weighted by Crippen LogP contribution is -2.10. The molecule has 0 aliphatic heterocycles. The van der Waals surface area contributed by atoms with Crippen LogP contribution in [0.15, 0.2) is 16.7 Å². The predicted octanol–water partition coefficient (Wildman–Crippen LogP) is 2.19. The first kappa shape index (κ1) is 12.6. The molecule has 0 aliphatic carbocycles. The molecule has 4 nitrogen and oxygen atoms in total. The minimum absolute atomic E-state index is 0.562. The van der Waals surface area contributed by atoms with Gasteiger partial charge < -0.3 is 0 Å². The van der Waals surface area contributed by atoms with Gasteiger partial charge in [-0.2, -0.15) is 8.42 Å². The molecule has 1 unspecified atom stereocenters. The Hall–Kier alpha value is -0.460. The highest BCUT2D eigenvalue weighted by Crippen LogP contribution is 2.22. The Bertz CT molecular complexity index is 458. The summed E-state index contributed by atoms with van der Waals surface area (Å²) in [7, 11) is -3.45. The molecule has 0 aliphatic rings.